The van der Waals surface area contributed by atoms with Crippen molar-refractivity contribution >= 4 is 11.4 Å². The molecule has 3 aromatic rings. The summed E-state index contributed by atoms with van der Waals surface area (Å²) in [5.74, 6) is 0.516. The second-order valence-corrected chi connectivity index (χ2v) is 10.0. The van der Waals surface area contributed by atoms with Gasteiger partial charge in [0, 0.05) is 17.8 Å². The maximum atomic E-state index is 13.8. The number of ketones is 1. The van der Waals surface area contributed by atoms with E-state index in [9.17, 15) is 4.79 Å². The molecule has 3 aliphatic rings. The molecule has 3 aliphatic carbocycles. The zero-order chi connectivity index (χ0) is 24.5. The van der Waals surface area contributed by atoms with Crippen LogP contribution in [-0.4, -0.2) is 5.78 Å². The van der Waals surface area contributed by atoms with Crippen LogP contribution in [0.15, 0.2) is 138 Å². The predicted octanol–water partition coefficient (Wildman–Crippen LogP) is 8.29. The average Bonchev–Trinajstić information content (AvgIpc) is 3.69. The number of aryl methyl sites for hydroxylation is 1. The summed E-state index contributed by atoms with van der Waals surface area (Å²) in [6.45, 7) is 2.17. The molecule has 6 rings (SSSR count). The van der Waals surface area contributed by atoms with Crippen LogP contribution in [0, 0.1) is 12.8 Å². The molecule has 0 spiro atoms. The molecule has 0 aromatic heterocycles. The molecule has 0 fully saturated rings. The largest absolute Gasteiger partial charge is 0.294 e. The molecule has 0 saturated carbocycles. The Morgan fingerprint density at radius 1 is 0.778 bits per heavy atom. The van der Waals surface area contributed by atoms with Gasteiger partial charge in [0.25, 0.3) is 0 Å². The Balaban J connectivity index is 1.43. The topological polar surface area (TPSA) is 17.1 Å². The van der Waals surface area contributed by atoms with Crippen LogP contribution in [0.2, 0.25) is 0 Å². The van der Waals surface area contributed by atoms with Crippen molar-refractivity contribution in [3.05, 3.63) is 160 Å². The van der Waals surface area contributed by atoms with Gasteiger partial charge in [0.1, 0.15) is 0 Å². The third-order valence-electron chi connectivity index (χ3n) is 7.83. The number of benzene rings is 3. The monoisotopic (exact) mass is 466 g/mol. The second-order valence-electron chi connectivity index (χ2n) is 10.0. The predicted molar refractivity (Wildman–Crippen MR) is 149 cm³/mol. The van der Waals surface area contributed by atoms with Gasteiger partial charge in [0.2, 0.25) is 0 Å². The number of allylic oxidation sites excluding steroid dienone is 10. The number of hydrogen-bond donors (Lipinski definition) is 0. The lowest BCUT2D eigenvalue weighted by Crippen LogP contribution is -2.19. The van der Waals surface area contributed by atoms with Crippen molar-refractivity contribution in [2.75, 3.05) is 0 Å². The van der Waals surface area contributed by atoms with Crippen LogP contribution in [0.4, 0.5) is 0 Å². The van der Waals surface area contributed by atoms with Gasteiger partial charge in [-0.1, -0.05) is 121 Å². The van der Waals surface area contributed by atoms with Gasteiger partial charge in [-0.15, -0.1) is 0 Å². The summed E-state index contributed by atoms with van der Waals surface area (Å²) >= 11 is 0. The quantitative estimate of drug-likeness (QED) is 0.357. The number of rotatable bonds is 6. The van der Waals surface area contributed by atoms with Crippen molar-refractivity contribution in [2.45, 2.75) is 31.6 Å². The van der Waals surface area contributed by atoms with Crippen LogP contribution in [0.5, 0.6) is 0 Å². The molecule has 1 nitrogen and oxygen atoms in total. The van der Waals surface area contributed by atoms with E-state index in [0.29, 0.717) is 0 Å². The maximum absolute atomic E-state index is 13.8. The zero-order valence-electron chi connectivity index (χ0n) is 20.6. The highest BCUT2D eigenvalue weighted by Crippen LogP contribution is 2.49. The van der Waals surface area contributed by atoms with Crippen LogP contribution in [-0.2, 0) is 4.79 Å². The average molecular weight is 467 g/mol. The lowest BCUT2D eigenvalue weighted by atomic mass is 9.81. The minimum absolute atomic E-state index is 0.138. The first-order chi connectivity index (χ1) is 17.7. The molecule has 0 aliphatic heterocycles. The molecule has 3 aromatic carbocycles. The Bertz CT molecular complexity index is 1450. The Kier molecular flexibility index (Phi) is 5.99. The minimum Gasteiger partial charge on any atom is -0.294 e. The second kappa shape index (κ2) is 9.59. The summed E-state index contributed by atoms with van der Waals surface area (Å²) in [4.78, 5) is 13.8. The van der Waals surface area contributed by atoms with Crippen LogP contribution in [0.1, 0.15) is 46.9 Å². The highest BCUT2D eigenvalue weighted by molar-refractivity contribution is 6.01. The highest BCUT2D eigenvalue weighted by atomic mass is 16.1. The standard InChI is InChI=1S/C35H30O/c1-24-12-8-11-19-30(24)33-22-29(23-34(33)35(36)27-17-9-10-18-27)32-21-28(25-13-4-2-5-14-25)20-31(32)26-15-6-3-7-16-26/h2-17,19-21,23,28,33-34H,18,22H2,1H3. The molecule has 36 heavy (non-hydrogen) atoms. The van der Waals surface area contributed by atoms with Crippen LogP contribution < -0.4 is 0 Å². The number of Topliss-reactive ketones (excluding diaryl/α,β-unsaturated/α-hetero) is 1. The molecule has 0 bridgehead atoms. The van der Waals surface area contributed by atoms with E-state index < -0.39 is 0 Å². The van der Waals surface area contributed by atoms with Gasteiger partial charge in [0.05, 0.1) is 0 Å². The molecule has 176 valence electrons. The smallest absolute Gasteiger partial charge is 0.166 e. The van der Waals surface area contributed by atoms with Gasteiger partial charge >= 0.3 is 0 Å². The first-order valence-electron chi connectivity index (χ1n) is 12.9. The first kappa shape index (κ1) is 22.5. The van der Waals surface area contributed by atoms with Gasteiger partial charge in [-0.2, -0.15) is 0 Å². The molecule has 0 heterocycles. The van der Waals surface area contributed by atoms with Gasteiger partial charge < -0.3 is 0 Å². The van der Waals surface area contributed by atoms with Crippen LogP contribution in [0.3, 0.4) is 0 Å². The van der Waals surface area contributed by atoms with Crippen molar-refractivity contribution in [1.29, 1.82) is 0 Å². The van der Waals surface area contributed by atoms with Crippen molar-refractivity contribution in [2.24, 2.45) is 5.92 Å². The van der Waals surface area contributed by atoms with Gasteiger partial charge in [-0.3, -0.25) is 4.79 Å². The number of carbonyl (C=O) groups is 1. The Morgan fingerprint density at radius 2 is 1.47 bits per heavy atom. The fourth-order valence-corrected chi connectivity index (χ4v) is 5.98. The molecule has 0 amide bonds. The molecule has 3 atom stereocenters. The molecular formula is C35H30O. The lowest BCUT2D eigenvalue weighted by molar-refractivity contribution is -0.118. The van der Waals surface area contributed by atoms with Gasteiger partial charge in [0.15, 0.2) is 5.78 Å². The number of hydrogen-bond acceptors (Lipinski definition) is 1. The number of carbonyl (C=O) groups excluding carboxylic acids is 1. The molecule has 0 radical (unpaired) electrons. The van der Waals surface area contributed by atoms with Crippen molar-refractivity contribution in [3.63, 3.8) is 0 Å². The summed E-state index contributed by atoms with van der Waals surface area (Å²) in [6.07, 6.45) is 14.8. The van der Waals surface area contributed by atoms with E-state index in [1.54, 1.807) is 0 Å². The van der Waals surface area contributed by atoms with Crippen molar-refractivity contribution in [3.8, 4) is 0 Å². The molecule has 1 heteroatoms. The van der Waals surface area contributed by atoms with Crippen molar-refractivity contribution in [1.82, 2.24) is 0 Å². The zero-order valence-corrected chi connectivity index (χ0v) is 20.6. The Labute approximate surface area is 213 Å². The van der Waals surface area contributed by atoms with Gasteiger partial charge in [-0.25, -0.2) is 0 Å². The van der Waals surface area contributed by atoms with Gasteiger partial charge in [-0.05, 0) is 64.3 Å². The molecule has 0 N–H and O–H groups in total. The normalized spacial score (nSPS) is 22.8. The van der Waals surface area contributed by atoms with E-state index in [1.807, 2.05) is 12.2 Å². The van der Waals surface area contributed by atoms with E-state index in [2.05, 4.69) is 116 Å². The van der Waals surface area contributed by atoms with Crippen LogP contribution in [0.25, 0.3) is 5.57 Å². The Hall–Kier alpha value is -3.97. The molecule has 0 saturated heterocycles. The summed E-state index contributed by atoms with van der Waals surface area (Å²) in [6, 6.07) is 29.9. The third-order valence-corrected chi connectivity index (χ3v) is 7.83. The summed E-state index contributed by atoms with van der Waals surface area (Å²) in [5, 5.41) is 0. The molecular weight excluding hydrogens is 436 g/mol. The fourth-order valence-electron chi connectivity index (χ4n) is 5.98. The van der Waals surface area contributed by atoms with E-state index in [4.69, 9.17) is 0 Å². The summed E-state index contributed by atoms with van der Waals surface area (Å²) < 4.78 is 0. The SMILES string of the molecule is Cc1ccccc1C1CC(C2=CC(c3ccccc3)C=C2c2ccccc2)=CC1C(=O)C1=CC=CC1. The maximum Gasteiger partial charge on any atom is 0.166 e. The van der Waals surface area contributed by atoms with Crippen molar-refractivity contribution < 1.29 is 4.79 Å². The first-order valence-corrected chi connectivity index (χ1v) is 12.9. The highest BCUT2D eigenvalue weighted by Gasteiger charge is 2.38. The summed E-state index contributed by atoms with van der Waals surface area (Å²) in [5.41, 5.74) is 9.85. The van der Waals surface area contributed by atoms with E-state index >= 15 is 0 Å². The lowest BCUT2D eigenvalue weighted by Gasteiger charge is -2.21. The van der Waals surface area contributed by atoms with E-state index in [0.717, 1.165) is 18.4 Å². The minimum atomic E-state index is -0.138. The Morgan fingerprint density at radius 3 is 2.19 bits per heavy atom. The molecule has 3 unspecified atom stereocenters. The third kappa shape index (κ3) is 4.16. The fraction of sp³-hybridized carbons (Fsp3) is 0.171. The van der Waals surface area contributed by atoms with E-state index in [-0.39, 0.29) is 23.5 Å². The van der Waals surface area contributed by atoms with E-state index in [1.165, 1.54) is 39.0 Å². The van der Waals surface area contributed by atoms with Crippen LogP contribution >= 0.6 is 0 Å². The summed E-state index contributed by atoms with van der Waals surface area (Å²) in [7, 11) is 0.